The normalized spacial score (nSPS) is 20.1. The summed E-state index contributed by atoms with van der Waals surface area (Å²) in [6.07, 6.45) is 4.86. The number of aliphatic hydroxyl groups is 1. The molecule has 0 radical (unpaired) electrons. The van der Waals surface area contributed by atoms with Crippen LogP contribution in [-0.2, 0) is 12.0 Å². The molecule has 110 valence electrons. The zero-order valence-corrected chi connectivity index (χ0v) is 12.3. The summed E-state index contributed by atoms with van der Waals surface area (Å²) in [7, 11) is 1.63. The third-order valence-electron chi connectivity index (χ3n) is 4.02. The molecule has 4 nitrogen and oxygen atoms in total. The third-order valence-corrected chi connectivity index (χ3v) is 4.02. The van der Waals surface area contributed by atoms with Crippen LogP contribution in [0.4, 0.5) is 0 Å². The quantitative estimate of drug-likeness (QED) is 0.938. The van der Waals surface area contributed by atoms with Crippen molar-refractivity contribution < 1.29 is 14.6 Å². The molecule has 1 aliphatic rings. The van der Waals surface area contributed by atoms with Crippen molar-refractivity contribution in [2.24, 2.45) is 0 Å². The smallest absolute Gasteiger partial charge is 0.137 e. The molecular weight excluding hydrogens is 266 g/mol. The Balaban J connectivity index is 2.05. The molecule has 3 rings (SSSR count). The molecule has 1 unspecified atom stereocenters. The molecule has 0 amide bonds. The lowest BCUT2D eigenvalue weighted by molar-refractivity contribution is 0.0820. The van der Waals surface area contributed by atoms with Crippen molar-refractivity contribution in [1.29, 1.82) is 0 Å². The Bertz CT molecular complexity index is 656. The van der Waals surface area contributed by atoms with Crippen LogP contribution in [-0.4, -0.2) is 23.8 Å². The summed E-state index contributed by atoms with van der Waals surface area (Å²) in [6, 6.07) is 7.73. The van der Waals surface area contributed by atoms with Gasteiger partial charge in [-0.1, -0.05) is 6.07 Å². The number of pyridine rings is 1. The van der Waals surface area contributed by atoms with E-state index in [0.717, 1.165) is 28.9 Å². The highest BCUT2D eigenvalue weighted by Crippen LogP contribution is 2.43. The number of aryl methyl sites for hydroxylation is 1. The van der Waals surface area contributed by atoms with Crippen LogP contribution in [0.15, 0.2) is 36.7 Å². The van der Waals surface area contributed by atoms with Gasteiger partial charge < -0.3 is 14.6 Å². The van der Waals surface area contributed by atoms with Gasteiger partial charge in [0.25, 0.3) is 0 Å². The van der Waals surface area contributed by atoms with Crippen LogP contribution < -0.4 is 9.47 Å². The molecule has 0 spiro atoms. The molecule has 1 N–H and O–H groups in total. The van der Waals surface area contributed by atoms with Gasteiger partial charge in [-0.25, -0.2) is 0 Å². The fourth-order valence-electron chi connectivity index (χ4n) is 2.93. The molecule has 0 aliphatic heterocycles. The summed E-state index contributed by atoms with van der Waals surface area (Å²) in [5, 5.41) is 11.2. The Hall–Kier alpha value is -2.07. The van der Waals surface area contributed by atoms with E-state index in [9.17, 15) is 5.11 Å². The Kier molecular flexibility index (Phi) is 3.55. The van der Waals surface area contributed by atoms with Gasteiger partial charge in [0.15, 0.2) is 0 Å². The second kappa shape index (κ2) is 5.37. The minimum atomic E-state index is -1.02. The Morgan fingerprint density at radius 2 is 2.10 bits per heavy atom. The van der Waals surface area contributed by atoms with Gasteiger partial charge in [-0.05, 0) is 49.1 Å². The molecule has 1 aliphatic carbocycles. The van der Waals surface area contributed by atoms with Crippen molar-refractivity contribution in [3.05, 3.63) is 53.3 Å². The van der Waals surface area contributed by atoms with E-state index in [4.69, 9.17) is 9.47 Å². The highest BCUT2D eigenvalue weighted by molar-refractivity contribution is 5.48. The minimum absolute atomic E-state index is 0.577. The number of ether oxygens (including phenoxy) is 2. The second-order valence-corrected chi connectivity index (χ2v) is 5.23. The van der Waals surface area contributed by atoms with E-state index < -0.39 is 5.60 Å². The van der Waals surface area contributed by atoms with Crippen molar-refractivity contribution in [2.75, 3.05) is 13.7 Å². The number of hydrogen-bond acceptors (Lipinski definition) is 4. The number of fused-ring (bicyclic) bond motifs is 1. The number of benzene rings is 1. The third kappa shape index (κ3) is 2.36. The fourth-order valence-corrected chi connectivity index (χ4v) is 2.93. The van der Waals surface area contributed by atoms with E-state index in [1.54, 1.807) is 19.5 Å². The first kappa shape index (κ1) is 13.9. The summed E-state index contributed by atoms with van der Waals surface area (Å²) in [5.41, 5.74) is 1.79. The Morgan fingerprint density at radius 1 is 1.24 bits per heavy atom. The molecular formula is C17H19NO3. The van der Waals surface area contributed by atoms with Crippen molar-refractivity contribution in [2.45, 2.75) is 25.4 Å². The zero-order valence-electron chi connectivity index (χ0n) is 12.3. The number of aromatic nitrogens is 1. The van der Waals surface area contributed by atoms with E-state index in [2.05, 4.69) is 4.98 Å². The number of methoxy groups -OCH3 is 1. The van der Waals surface area contributed by atoms with E-state index in [1.165, 1.54) is 0 Å². The molecule has 4 heteroatoms. The van der Waals surface area contributed by atoms with E-state index in [1.807, 2.05) is 31.2 Å². The SMILES string of the molecule is CCOc1cncc(C2(O)CCc3ccc(OC)cc32)c1. The largest absolute Gasteiger partial charge is 0.497 e. The highest BCUT2D eigenvalue weighted by atomic mass is 16.5. The standard InChI is InChI=1S/C17H19NO3/c1-3-21-15-8-13(10-18-11-15)17(19)7-6-12-4-5-14(20-2)9-16(12)17/h4-5,8-11,19H,3,6-7H2,1-2H3. The van der Waals surface area contributed by atoms with Crippen LogP contribution in [0.5, 0.6) is 11.5 Å². The Labute approximate surface area is 124 Å². The summed E-state index contributed by atoms with van der Waals surface area (Å²) >= 11 is 0. The summed E-state index contributed by atoms with van der Waals surface area (Å²) in [6.45, 7) is 2.51. The van der Waals surface area contributed by atoms with Gasteiger partial charge in [-0.15, -0.1) is 0 Å². The van der Waals surface area contributed by atoms with Crippen LogP contribution in [0.3, 0.4) is 0 Å². The average Bonchev–Trinajstić information content (AvgIpc) is 2.86. The van der Waals surface area contributed by atoms with Crippen LogP contribution in [0.25, 0.3) is 0 Å². The summed E-state index contributed by atoms with van der Waals surface area (Å²) in [4.78, 5) is 4.19. The molecule has 1 atom stereocenters. The van der Waals surface area contributed by atoms with Crippen LogP contribution >= 0.6 is 0 Å². The maximum Gasteiger partial charge on any atom is 0.137 e. The van der Waals surface area contributed by atoms with E-state index in [0.29, 0.717) is 18.8 Å². The number of nitrogens with zero attached hydrogens (tertiary/aromatic N) is 1. The van der Waals surface area contributed by atoms with Crippen molar-refractivity contribution >= 4 is 0 Å². The molecule has 2 aromatic rings. The minimum Gasteiger partial charge on any atom is -0.497 e. The first-order chi connectivity index (χ1) is 10.2. The van der Waals surface area contributed by atoms with Gasteiger partial charge in [0.05, 0.1) is 19.9 Å². The maximum atomic E-state index is 11.2. The van der Waals surface area contributed by atoms with Gasteiger partial charge in [0.1, 0.15) is 17.1 Å². The van der Waals surface area contributed by atoms with E-state index in [-0.39, 0.29) is 0 Å². The lowest BCUT2D eigenvalue weighted by Crippen LogP contribution is -2.24. The van der Waals surface area contributed by atoms with Crippen molar-refractivity contribution in [3.8, 4) is 11.5 Å². The second-order valence-electron chi connectivity index (χ2n) is 5.23. The topological polar surface area (TPSA) is 51.6 Å². The monoisotopic (exact) mass is 285 g/mol. The molecule has 0 bridgehead atoms. The lowest BCUT2D eigenvalue weighted by atomic mass is 9.89. The van der Waals surface area contributed by atoms with Crippen molar-refractivity contribution in [3.63, 3.8) is 0 Å². The summed E-state index contributed by atoms with van der Waals surface area (Å²) in [5.74, 6) is 1.43. The molecule has 0 saturated heterocycles. The fraction of sp³-hybridized carbons (Fsp3) is 0.353. The molecule has 21 heavy (non-hydrogen) atoms. The average molecular weight is 285 g/mol. The van der Waals surface area contributed by atoms with Crippen LogP contribution in [0, 0.1) is 0 Å². The molecule has 1 aromatic heterocycles. The predicted molar refractivity (Wildman–Crippen MR) is 79.7 cm³/mol. The first-order valence-corrected chi connectivity index (χ1v) is 7.15. The number of rotatable bonds is 4. The van der Waals surface area contributed by atoms with Gasteiger partial charge in [0, 0.05) is 11.8 Å². The molecule has 0 fully saturated rings. The molecule has 1 heterocycles. The highest BCUT2D eigenvalue weighted by Gasteiger charge is 2.39. The van der Waals surface area contributed by atoms with Gasteiger partial charge in [-0.3, -0.25) is 4.98 Å². The predicted octanol–water partition coefficient (Wildman–Crippen LogP) is 2.67. The van der Waals surface area contributed by atoms with Gasteiger partial charge in [0.2, 0.25) is 0 Å². The summed E-state index contributed by atoms with van der Waals surface area (Å²) < 4.78 is 10.8. The van der Waals surface area contributed by atoms with E-state index >= 15 is 0 Å². The van der Waals surface area contributed by atoms with Crippen LogP contribution in [0.1, 0.15) is 30.0 Å². The zero-order chi connectivity index (χ0) is 14.9. The van der Waals surface area contributed by atoms with Gasteiger partial charge in [-0.2, -0.15) is 0 Å². The molecule has 1 aromatic carbocycles. The van der Waals surface area contributed by atoms with Gasteiger partial charge >= 0.3 is 0 Å². The molecule has 0 saturated carbocycles. The van der Waals surface area contributed by atoms with Crippen LogP contribution in [0.2, 0.25) is 0 Å². The van der Waals surface area contributed by atoms with Crippen molar-refractivity contribution in [1.82, 2.24) is 4.98 Å². The first-order valence-electron chi connectivity index (χ1n) is 7.15. The maximum absolute atomic E-state index is 11.2. The lowest BCUT2D eigenvalue weighted by Gasteiger charge is -2.25. The number of hydrogen-bond donors (Lipinski definition) is 1. The Morgan fingerprint density at radius 3 is 2.86 bits per heavy atom.